The molecular formula is C15H24N2O3S. The number of fused-ring (bicyclic) bond motifs is 1. The molecule has 3 aliphatic rings. The van der Waals surface area contributed by atoms with Crippen LogP contribution < -0.4 is 5.73 Å². The Morgan fingerprint density at radius 2 is 1.90 bits per heavy atom. The lowest BCUT2D eigenvalue weighted by atomic mass is 9.77. The molecule has 2 heterocycles. The first-order chi connectivity index (χ1) is 10.1. The number of amides is 1. The van der Waals surface area contributed by atoms with Crippen molar-refractivity contribution in [1.29, 1.82) is 0 Å². The highest BCUT2D eigenvalue weighted by atomic mass is 32.1. The van der Waals surface area contributed by atoms with Crippen molar-refractivity contribution in [2.24, 2.45) is 11.1 Å². The Morgan fingerprint density at radius 3 is 2.62 bits per heavy atom. The van der Waals surface area contributed by atoms with Gasteiger partial charge in [0, 0.05) is 19.8 Å². The van der Waals surface area contributed by atoms with E-state index in [4.69, 9.17) is 27.4 Å². The van der Waals surface area contributed by atoms with Crippen LogP contribution >= 0.6 is 12.2 Å². The van der Waals surface area contributed by atoms with Gasteiger partial charge < -0.3 is 20.1 Å². The van der Waals surface area contributed by atoms with Crippen molar-refractivity contribution in [1.82, 2.24) is 4.90 Å². The van der Waals surface area contributed by atoms with Crippen molar-refractivity contribution < 1.29 is 14.3 Å². The van der Waals surface area contributed by atoms with Gasteiger partial charge in [0.15, 0.2) is 0 Å². The van der Waals surface area contributed by atoms with Gasteiger partial charge in [-0.1, -0.05) is 25.1 Å². The maximum absolute atomic E-state index is 13.2. The van der Waals surface area contributed by atoms with Crippen LogP contribution in [0, 0.1) is 5.41 Å². The van der Waals surface area contributed by atoms with Crippen LogP contribution in [0.2, 0.25) is 0 Å². The summed E-state index contributed by atoms with van der Waals surface area (Å²) in [7, 11) is 0. The number of ether oxygens (including phenoxy) is 2. The molecule has 3 rings (SSSR count). The largest absolute Gasteiger partial charge is 0.392 e. The molecular weight excluding hydrogens is 288 g/mol. The van der Waals surface area contributed by atoms with Gasteiger partial charge in [0.05, 0.1) is 23.7 Å². The maximum Gasteiger partial charge on any atom is 0.236 e. The quantitative estimate of drug-likeness (QED) is 0.777. The molecule has 1 amide bonds. The van der Waals surface area contributed by atoms with Crippen LogP contribution in [0.25, 0.3) is 0 Å². The fraction of sp³-hybridized carbons (Fsp3) is 0.867. The summed E-state index contributed by atoms with van der Waals surface area (Å²) < 4.78 is 11.3. The molecule has 0 aromatic heterocycles. The lowest BCUT2D eigenvalue weighted by molar-refractivity contribution is -0.160. The number of nitrogens with two attached hydrogens (primary N) is 1. The van der Waals surface area contributed by atoms with E-state index in [9.17, 15) is 4.79 Å². The molecule has 21 heavy (non-hydrogen) atoms. The number of nitrogens with zero attached hydrogens (tertiary/aromatic N) is 1. The van der Waals surface area contributed by atoms with Gasteiger partial charge in [-0.25, -0.2) is 0 Å². The maximum atomic E-state index is 13.2. The Bertz CT molecular complexity index is 421. The van der Waals surface area contributed by atoms with Crippen molar-refractivity contribution in [3.05, 3.63) is 0 Å². The van der Waals surface area contributed by atoms with Crippen molar-refractivity contribution in [3.8, 4) is 0 Å². The van der Waals surface area contributed by atoms with Crippen LogP contribution in [-0.4, -0.2) is 54.3 Å². The summed E-state index contributed by atoms with van der Waals surface area (Å²) in [6, 6.07) is 0.203. The summed E-state index contributed by atoms with van der Waals surface area (Å²) in [5.74, 6) is 0.110. The average molecular weight is 312 g/mol. The predicted molar refractivity (Wildman–Crippen MR) is 83.0 cm³/mol. The van der Waals surface area contributed by atoms with Crippen LogP contribution in [0.5, 0.6) is 0 Å². The first-order valence-electron chi connectivity index (χ1n) is 7.95. The highest BCUT2D eigenvalue weighted by Gasteiger charge is 2.48. The van der Waals surface area contributed by atoms with E-state index in [2.05, 4.69) is 0 Å². The third-order valence-corrected chi connectivity index (χ3v) is 5.61. The Morgan fingerprint density at radius 1 is 1.19 bits per heavy atom. The third kappa shape index (κ3) is 2.69. The van der Waals surface area contributed by atoms with Crippen molar-refractivity contribution in [2.75, 3.05) is 26.4 Å². The molecule has 0 spiro atoms. The van der Waals surface area contributed by atoms with E-state index in [-0.39, 0.29) is 18.1 Å². The van der Waals surface area contributed by atoms with E-state index in [1.165, 1.54) is 6.42 Å². The molecule has 5 nitrogen and oxygen atoms in total. The summed E-state index contributed by atoms with van der Waals surface area (Å²) in [5.41, 5.74) is 5.27. The van der Waals surface area contributed by atoms with Crippen LogP contribution in [0.4, 0.5) is 0 Å². The van der Waals surface area contributed by atoms with Crippen molar-refractivity contribution >= 4 is 23.1 Å². The minimum atomic E-state index is -0.701. The molecule has 2 aliphatic heterocycles. The van der Waals surface area contributed by atoms with Crippen LogP contribution in [0.15, 0.2) is 0 Å². The summed E-state index contributed by atoms with van der Waals surface area (Å²) in [4.78, 5) is 15.6. The average Bonchev–Trinajstić information content (AvgIpc) is 2.54. The molecule has 3 fully saturated rings. The van der Waals surface area contributed by atoms with Gasteiger partial charge in [-0.2, -0.15) is 0 Å². The summed E-state index contributed by atoms with van der Waals surface area (Å²) >= 11 is 5.26. The number of carbonyl (C=O) groups excluding carboxylic acids is 1. The fourth-order valence-electron chi connectivity index (χ4n) is 3.91. The molecule has 2 saturated heterocycles. The predicted octanol–water partition coefficient (Wildman–Crippen LogP) is 1.24. The van der Waals surface area contributed by atoms with Crippen molar-refractivity contribution in [2.45, 2.75) is 50.7 Å². The number of morpholine rings is 1. The SMILES string of the molecule is NC(=S)C1(C(=O)N2CCOC3CCCCC32)CCOCC1. The normalized spacial score (nSPS) is 32.3. The fourth-order valence-corrected chi connectivity index (χ4v) is 4.20. The van der Waals surface area contributed by atoms with E-state index < -0.39 is 5.41 Å². The summed E-state index contributed by atoms with van der Waals surface area (Å²) in [5, 5.41) is 0. The Balaban J connectivity index is 1.83. The van der Waals surface area contributed by atoms with Gasteiger partial charge in [0.25, 0.3) is 0 Å². The molecule has 2 atom stereocenters. The van der Waals surface area contributed by atoms with E-state index in [0.29, 0.717) is 44.2 Å². The molecule has 2 unspecified atom stereocenters. The lowest BCUT2D eigenvalue weighted by Gasteiger charge is -2.48. The van der Waals surface area contributed by atoms with Gasteiger partial charge in [0.2, 0.25) is 5.91 Å². The second-order valence-corrected chi connectivity index (χ2v) is 6.76. The standard InChI is InChI=1S/C15H24N2O3S/c16-13(21)15(5-8-19-9-6-15)14(18)17-7-10-20-12-4-2-1-3-11(12)17/h11-12H,1-10H2,(H2,16,21). The lowest BCUT2D eigenvalue weighted by Crippen LogP contribution is -2.61. The molecule has 0 bridgehead atoms. The number of thiocarbonyl (C=S) groups is 1. The summed E-state index contributed by atoms with van der Waals surface area (Å²) in [6.07, 6.45) is 5.85. The molecule has 0 aromatic rings. The van der Waals surface area contributed by atoms with Crippen LogP contribution in [0.1, 0.15) is 38.5 Å². The molecule has 6 heteroatoms. The number of rotatable bonds is 2. The van der Waals surface area contributed by atoms with Gasteiger partial charge in [0.1, 0.15) is 5.41 Å². The smallest absolute Gasteiger partial charge is 0.236 e. The molecule has 1 saturated carbocycles. The van der Waals surface area contributed by atoms with Gasteiger partial charge in [-0.3, -0.25) is 4.79 Å². The molecule has 0 radical (unpaired) electrons. The molecule has 1 aliphatic carbocycles. The van der Waals surface area contributed by atoms with E-state index >= 15 is 0 Å². The first kappa shape index (κ1) is 15.2. The number of hydrogen-bond acceptors (Lipinski definition) is 4. The van der Waals surface area contributed by atoms with Crippen molar-refractivity contribution in [3.63, 3.8) is 0 Å². The molecule has 118 valence electrons. The minimum Gasteiger partial charge on any atom is -0.392 e. The number of carbonyl (C=O) groups is 1. The van der Waals surface area contributed by atoms with Crippen LogP contribution in [-0.2, 0) is 14.3 Å². The zero-order valence-electron chi connectivity index (χ0n) is 12.4. The monoisotopic (exact) mass is 312 g/mol. The number of hydrogen-bond donors (Lipinski definition) is 1. The zero-order valence-corrected chi connectivity index (χ0v) is 13.2. The van der Waals surface area contributed by atoms with Gasteiger partial charge in [-0.15, -0.1) is 0 Å². The Kier molecular flexibility index (Phi) is 4.47. The van der Waals surface area contributed by atoms with Gasteiger partial charge >= 0.3 is 0 Å². The molecule has 2 N–H and O–H groups in total. The second-order valence-electron chi connectivity index (χ2n) is 6.32. The highest BCUT2D eigenvalue weighted by Crippen LogP contribution is 2.37. The van der Waals surface area contributed by atoms with Gasteiger partial charge in [-0.05, 0) is 25.7 Å². The third-order valence-electron chi connectivity index (χ3n) is 5.22. The second kappa shape index (κ2) is 6.18. The van der Waals surface area contributed by atoms with Crippen LogP contribution in [0.3, 0.4) is 0 Å². The molecule has 0 aromatic carbocycles. The summed E-state index contributed by atoms with van der Waals surface area (Å²) in [6.45, 7) is 2.39. The van der Waals surface area contributed by atoms with E-state index in [1.54, 1.807) is 0 Å². The zero-order chi connectivity index (χ0) is 14.9. The van der Waals surface area contributed by atoms with E-state index in [1.807, 2.05) is 4.90 Å². The Hall–Kier alpha value is -0.720. The minimum absolute atomic E-state index is 0.110. The topological polar surface area (TPSA) is 64.8 Å². The first-order valence-corrected chi connectivity index (χ1v) is 8.36. The highest BCUT2D eigenvalue weighted by molar-refractivity contribution is 7.80. The van der Waals surface area contributed by atoms with E-state index in [0.717, 1.165) is 19.3 Å². The Labute approximate surface area is 131 Å².